The van der Waals surface area contributed by atoms with Gasteiger partial charge in [0.2, 0.25) is 0 Å². The number of nitrogens with zero attached hydrogens (tertiary/aromatic N) is 1. The summed E-state index contributed by atoms with van der Waals surface area (Å²) in [4.78, 5) is 4.08. The SMILES string of the molecule is CCNc1cc(C(F)(F)F)cc(NC(C)COC)n1. The van der Waals surface area contributed by atoms with Crippen LogP contribution in [0.2, 0.25) is 0 Å². The molecule has 1 aromatic heterocycles. The maximum Gasteiger partial charge on any atom is 0.416 e. The number of ether oxygens (including phenoxy) is 1. The lowest BCUT2D eigenvalue weighted by Crippen LogP contribution is -2.22. The molecule has 4 nitrogen and oxygen atoms in total. The number of rotatable bonds is 6. The summed E-state index contributed by atoms with van der Waals surface area (Å²) in [6.45, 7) is 4.48. The Morgan fingerprint density at radius 1 is 1.32 bits per heavy atom. The molecule has 0 fully saturated rings. The van der Waals surface area contributed by atoms with Crippen molar-refractivity contribution in [2.24, 2.45) is 0 Å². The number of pyridine rings is 1. The molecule has 0 saturated heterocycles. The summed E-state index contributed by atoms with van der Waals surface area (Å²) in [6, 6.07) is 1.86. The number of hydrogen-bond donors (Lipinski definition) is 2. The highest BCUT2D eigenvalue weighted by atomic mass is 19.4. The van der Waals surface area contributed by atoms with Gasteiger partial charge in [-0.2, -0.15) is 13.2 Å². The average molecular weight is 277 g/mol. The van der Waals surface area contributed by atoms with Gasteiger partial charge >= 0.3 is 6.18 Å². The van der Waals surface area contributed by atoms with E-state index in [-0.39, 0.29) is 17.7 Å². The molecule has 1 heterocycles. The van der Waals surface area contributed by atoms with Crippen molar-refractivity contribution < 1.29 is 17.9 Å². The third kappa shape index (κ3) is 4.94. The Hall–Kier alpha value is -1.50. The predicted octanol–water partition coefficient (Wildman–Crippen LogP) is 2.98. The first kappa shape index (κ1) is 15.6. The topological polar surface area (TPSA) is 46.2 Å². The standard InChI is InChI=1S/C12H18F3N3O/c1-4-16-10-5-9(12(13,14)15)6-11(18-10)17-8(2)7-19-3/h5-6,8H,4,7H2,1-3H3,(H2,16,17,18). The van der Waals surface area contributed by atoms with Crippen LogP contribution in [0, 0.1) is 0 Å². The van der Waals surface area contributed by atoms with Crippen LogP contribution < -0.4 is 10.6 Å². The molecule has 0 radical (unpaired) electrons. The van der Waals surface area contributed by atoms with Gasteiger partial charge in [0.15, 0.2) is 0 Å². The second-order valence-corrected chi connectivity index (χ2v) is 4.16. The van der Waals surface area contributed by atoms with Crippen LogP contribution >= 0.6 is 0 Å². The molecule has 0 aliphatic rings. The number of alkyl halides is 3. The van der Waals surface area contributed by atoms with Gasteiger partial charge in [0.05, 0.1) is 12.2 Å². The molecular formula is C12H18F3N3O. The van der Waals surface area contributed by atoms with Crippen LogP contribution in [-0.4, -0.2) is 31.3 Å². The van der Waals surface area contributed by atoms with E-state index in [0.29, 0.717) is 13.2 Å². The van der Waals surface area contributed by atoms with Gasteiger partial charge in [-0.15, -0.1) is 0 Å². The van der Waals surface area contributed by atoms with Crippen molar-refractivity contribution in [3.05, 3.63) is 17.7 Å². The van der Waals surface area contributed by atoms with Gasteiger partial charge in [0.1, 0.15) is 11.6 Å². The molecule has 1 rings (SSSR count). The Morgan fingerprint density at radius 3 is 2.47 bits per heavy atom. The minimum Gasteiger partial charge on any atom is -0.383 e. The predicted molar refractivity (Wildman–Crippen MR) is 68.4 cm³/mol. The Labute approximate surface area is 110 Å². The molecule has 1 aromatic rings. The zero-order chi connectivity index (χ0) is 14.5. The molecule has 7 heteroatoms. The number of aromatic nitrogens is 1. The van der Waals surface area contributed by atoms with E-state index in [9.17, 15) is 13.2 Å². The summed E-state index contributed by atoms with van der Waals surface area (Å²) < 4.78 is 43.2. The molecule has 0 saturated carbocycles. The molecule has 0 bridgehead atoms. The van der Waals surface area contributed by atoms with Crippen LogP contribution in [0.5, 0.6) is 0 Å². The van der Waals surface area contributed by atoms with Crippen LogP contribution in [0.25, 0.3) is 0 Å². The van der Waals surface area contributed by atoms with Crippen molar-refractivity contribution >= 4 is 11.6 Å². The van der Waals surface area contributed by atoms with Crippen molar-refractivity contribution in [3.63, 3.8) is 0 Å². The molecule has 1 atom stereocenters. The van der Waals surface area contributed by atoms with Gasteiger partial charge in [-0.3, -0.25) is 0 Å². The van der Waals surface area contributed by atoms with Gasteiger partial charge < -0.3 is 15.4 Å². The summed E-state index contributed by atoms with van der Waals surface area (Å²) in [5.74, 6) is 0.375. The summed E-state index contributed by atoms with van der Waals surface area (Å²) in [5, 5.41) is 5.66. The molecule has 19 heavy (non-hydrogen) atoms. The lowest BCUT2D eigenvalue weighted by molar-refractivity contribution is -0.137. The van der Waals surface area contributed by atoms with Gasteiger partial charge in [0, 0.05) is 19.7 Å². The Kier molecular flexibility index (Phi) is 5.41. The summed E-state index contributed by atoms with van der Waals surface area (Å²) >= 11 is 0. The van der Waals surface area contributed by atoms with E-state index in [4.69, 9.17) is 4.74 Å². The van der Waals surface area contributed by atoms with Crippen LogP contribution in [0.15, 0.2) is 12.1 Å². The Bertz CT molecular complexity index is 410. The zero-order valence-corrected chi connectivity index (χ0v) is 11.1. The van der Waals surface area contributed by atoms with E-state index < -0.39 is 11.7 Å². The largest absolute Gasteiger partial charge is 0.416 e. The maximum absolute atomic E-state index is 12.8. The summed E-state index contributed by atoms with van der Waals surface area (Å²) in [5.41, 5.74) is -0.731. The number of hydrogen-bond acceptors (Lipinski definition) is 4. The first-order valence-corrected chi connectivity index (χ1v) is 5.95. The molecule has 1 unspecified atom stereocenters. The highest BCUT2D eigenvalue weighted by Crippen LogP contribution is 2.32. The zero-order valence-electron chi connectivity index (χ0n) is 11.1. The molecule has 108 valence electrons. The second-order valence-electron chi connectivity index (χ2n) is 4.16. The van der Waals surface area contributed by atoms with Crippen molar-refractivity contribution in [2.75, 3.05) is 30.9 Å². The molecule has 0 aliphatic heterocycles. The van der Waals surface area contributed by atoms with Crippen LogP contribution in [0.4, 0.5) is 24.8 Å². The van der Waals surface area contributed by atoms with Crippen LogP contribution in [0.3, 0.4) is 0 Å². The minimum atomic E-state index is -4.39. The molecule has 0 amide bonds. The maximum atomic E-state index is 12.8. The smallest absolute Gasteiger partial charge is 0.383 e. The monoisotopic (exact) mass is 277 g/mol. The average Bonchev–Trinajstić information content (AvgIpc) is 2.28. The van der Waals surface area contributed by atoms with Gasteiger partial charge in [0.25, 0.3) is 0 Å². The van der Waals surface area contributed by atoms with Gasteiger partial charge in [-0.1, -0.05) is 0 Å². The first-order chi connectivity index (χ1) is 8.86. The van der Waals surface area contributed by atoms with E-state index in [2.05, 4.69) is 15.6 Å². The van der Waals surface area contributed by atoms with Gasteiger partial charge in [-0.25, -0.2) is 4.98 Å². The number of nitrogens with one attached hydrogen (secondary N) is 2. The minimum absolute atomic E-state index is 0.129. The van der Waals surface area contributed by atoms with Crippen molar-refractivity contribution in [1.29, 1.82) is 0 Å². The molecular weight excluding hydrogens is 259 g/mol. The first-order valence-electron chi connectivity index (χ1n) is 5.95. The van der Waals surface area contributed by atoms with Crippen molar-refractivity contribution in [3.8, 4) is 0 Å². The van der Waals surface area contributed by atoms with E-state index in [1.54, 1.807) is 13.8 Å². The third-order valence-electron chi connectivity index (χ3n) is 2.32. The second kappa shape index (κ2) is 6.60. The fourth-order valence-corrected chi connectivity index (χ4v) is 1.58. The van der Waals surface area contributed by atoms with Gasteiger partial charge in [-0.05, 0) is 26.0 Å². The fraction of sp³-hybridized carbons (Fsp3) is 0.583. The number of methoxy groups -OCH3 is 1. The summed E-state index contributed by atoms with van der Waals surface area (Å²) in [6.07, 6.45) is -4.39. The fourth-order valence-electron chi connectivity index (χ4n) is 1.58. The Balaban J connectivity index is 2.99. The number of anilines is 2. The van der Waals surface area contributed by atoms with Crippen LogP contribution in [0.1, 0.15) is 19.4 Å². The van der Waals surface area contributed by atoms with E-state index in [1.807, 2.05) is 0 Å². The third-order valence-corrected chi connectivity index (χ3v) is 2.32. The molecule has 0 aliphatic carbocycles. The molecule has 0 aromatic carbocycles. The highest BCUT2D eigenvalue weighted by Gasteiger charge is 2.31. The molecule has 2 N–H and O–H groups in total. The van der Waals surface area contributed by atoms with E-state index in [0.717, 1.165) is 12.1 Å². The van der Waals surface area contributed by atoms with E-state index >= 15 is 0 Å². The Morgan fingerprint density at radius 2 is 1.95 bits per heavy atom. The summed E-state index contributed by atoms with van der Waals surface area (Å²) in [7, 11) is 1.53. The number of halogens is 3. The quantitative estimate of drug-likeness (QED) is 0.839. The van der Waals surface area contributed by atoms with E-state index in [1.165, 1.54) is 7.11 Å². The van der Waals surface area contributed by atoms with Crippen molar-refractivity contribution in [2.45, 2.75) is 26.1 Å². The lowest BCUT2D eigenvalue weighted by atomic mass is 10.2. The lowest BCUT2D eigenvalue weighted by Gasteiger charge is -2.16. The normalized spacial score (nSPS) is 13.2. The highest BCUT2D eigenvalue weighted by molar-refractivity contribution is 5.50. The van der Waals surface area contributed by atoms with Crippen LogP contribution in [-0.2, 0) is 10.9 Å². The van der Waals surface area contributed by atoms with Crippen molar-refractivity contribution in [1.82, 2.24) is 4.98 Å². The molecule has 0 spiro atoms.